The number of aliphatic hydroxyl groups is 1. The molecule has 2 aromatic carbocycles. The average molecular weight is 323 g/mol. The number of hydrogen-bond donors (Lipinski definition) is 1. The van der Waals surface area contributed by atoms with Crippen LogP contribution in [0, 0.1) is 30.9 Å². The molecule has 0 aliphatic heterocycles. The Hall–Kier alpha value is -2.77. The van der Waals surface area contributed by atoms with Crippen molar-refractivity contribution < 1.29 is 13.9 Å². The van der Waals surface area contributed by atoms with Crippen molar-refractivity contribution in [3.05, 3.63) is 65.5 Å². The highest BCUT2D eigenvalue weighted by atomic mass is 19.1. The highest BCUT2D eigenvalue weighted by molar-refractivity contribution is 5.88. The van der Waals surface area contributed by atoms with E-state index in [1.165, 1.54) is 12.3 Å². The summed E-state index contributed by atoms with van der Waals surface area (Å²) in [5.41, 5.74) is 2.02. The molecule has 0 aliphatic rings. The summed E-state index contributed by atoms with van der Waals surface area (Å²) in [7, 11) is 0. The number of pyridine rings is 1. The second-order valence-corrected chi connectivity index (χ2v) is 5.67. The van der Waals surface area contributed by atoms with Crippen molar-refractivity contribution in [1.29, 1.82) is 0 Å². The van der Waals surface area contributed by atoms with Gasteiger partial charge < -0.3 is 5.11 Å². The van der Waals surface area contributed by atoms with E-state index in [1.54, 1.807) is 37.3 Å². The largest absolute Gasteiger partial charge is 0.380 e. The topological polar surface area (TPSA) is 33.1 Å². The Bertz CT molecular complexity index is 942. The number of aromatic nitrogens is 1. The van der Waals surface area contributed by atoms with E-state index >= 15 is 0 Å². The third-order valence-corrected chi connectivity index (χ3v) is 3.96. The number of aryl methyl sites for hydroxylation is 1. The fourth-order valence-corrected chi connectivity index (χ4v) is 2.61. The SMILES string of the molecule is C#CC(O)Cc1ccc(-c2ccc3cc(C)c(F)cc3c2F)cn1. The van der Waals surface area contributed by atoms with Crippen LogP contribution in [-0.2, 0) is 6.42 Å². The lowest BCUT2D eigenvalue weighted by Gasteiger charge is -2.09. The maximum Gasteiger partial charge on any atom is 0.139 e. The zero-order chi connectivity index (χ0) is 17.3. The van der Waals surface area contributed by atoms with E-state index in [0.717, 1.165) is 0 Å². The van der Waals surface area contributed by atoms with Gasteiger partial charge >= 0.3 is 0 Å². The number of aliphatic hydroxyl groups excluding tert-OH is 1. The van der Waals surface area contributed by atoms with Crippen LogP contribution >= 0.6 is 0 Å². The third kappa shape index (κ3) is 2.99. The summed E-state index contributed by atoms with van der Waals surface area (Å²) >= 11 is 0. The fourth-order valence-electron chi connectivity index (χ4n) is 2.61. The number of benzene rings is 2. The van der Waals surface area contributed by atoms with Crippen molar-refractivity contribution in [2.75, 3.05) is 0 Å². The minimum Gasteiger partial charge on any atom is -0.380 e. The van der Waals surface area contributed by atoms with Gasteiger partial charge in [0.2, 0.25) is 0 Å². The Balaban J connectivity index is 2.02. The Kier molecular flexibility index (Phi) is 4.28. The number of fused-ring (bicyclic) bond motifs is 1. The monoisotopic (exact) mass is 323 g/mol. The molecule has 0 bridgehead atoms. The Morgan fingerprint density at radius 2 is 2.00 bits per heavy atom. The molecule has 1 aromatic heterocycles. The molecule has 1 atom stereocenters. The number of rotatable bonds is 3. The molecule has 1 heterocycles. The van der Waals surface area contributed by atoms with Gasteiger partial charge in [-0.3, -0.25) is 4.98 Å². The van der Waals surface area contributed by atoms with Crippen LogP contribution in [0.3, 0.4) is 0 Å². The molecule has 0 saturated heterocycles. The second kappa shape index (κ2) is 6.38. The van der Waals surface area contributed by atoms with Crippen molar-refractivity contribution in [2.45, 2.75) is 19.4 Å². The summed E-state index contributed by atoms with van der Waals surface area (Å²) in [4.78, 5) is 4.20. The Morgan fingerprint density at radius 3 is 2.67 bits per heavy atom. The normalized spacial score (nSPS) is 12.1. The van der Waals surface area contributed by atoms with Gasteiger partial charge in [0, 0.05) is 34.8 Å². The van der Waals surface area contributed by atoms with Crippen LogP contribution in [0.1, 0.15) is 11.3 Å². The first-order valence-corrected chi connectivity index (χ1v) is 7.47. The lowest BCUT2D eigenvalue weighted by molar-refractivity contribution is 0.232. The molecule has 3 rings (SSSR count). The lowest BCUT2D eigenvalue weighted by Crippen LogP contribution is -2.08. The molecule has 1 unspecified atom stereocenters. The fraction of sp³-hybridized carbons (Fsp3) is 0.150. The molecule has 24 heavy (non-hydrogen) atoms. The molecule has 0 fully saturated rings. The summed E-state index contributed by atoms with van der Waals surface area (Å²) in [6, 6.07) is 9.66. The molecule has 120 valence electrons. The summed E-state index contributed by atoms with van der Waals surface area (Å²) in [6.07, 6.45) is 5.99. The van der Waals surface area contributed by atoms with Gasteiger partial charge in [0.05, 0.1) is 0 Å². The molecule has 0 amide bonds. The summed E-state index contributed by atoms with van der Waals surface area (Å²) in [5, 5.41) is 10.3. The minimum atomic E-state index is -0.896. The zero-order valence-corrected chi connectivity index (χ0v) is 13.1. The van der Waals surface area contributed by atoms with Crippen LogP contribution in [0.4, 0.5) is 8.78 Å². The van der Waals surface area contributed by atoms with Gasteiger partial charge in [-0.1, -0.05) is 24.1 Å². The molecule has 0 aliphatic carbocycles. The minimum absolute atomic E-state index is 0.238. The van der Waals surface area contributed by atoms with E-state index in [9.17, 15) is 13.9 Å². The number of halogens is 2. The molecular weight excluding hydrogens is 308 g/mol. The first-order valence-electron chi connectivity index (χ1n) is 7.47. The summed E-state index contributed by atoms with van der Waals surface area (Å²) in [5.74, 6) is 1.30. The van der Waals surface area contributed by atoms with Crippen molar-refractivity contribution in [2.24, 2.45) is 0 Å². The molecular formula is C20H15F2NO. The van der Waals surface area contributed by atoms with E-state index in [4.69, 9.17) is 6.42 Å². The van der Waals surface area contributed by atoms with Crippen LogP contribution in [0.25, 0.3) is 21.9 Å². The van der Waals surface area contributed by atoms with Gasteiger partial charge in [-0.15, -0.1) is 6.42 Å². The molecule has 2 nitrogen and oxygen atoms in total. The standard InChI is InChI=1S/C20H15F2NO/c1-3-16(24)9-15-6-4-14(11-23-15)17-7-5-13-8-12(2)19(21)10-18(13)20(17)22/h1,4-8,10-11,16,24H,9H2,2H3. The third-order valence-electron chi connectivity index (χ3n) is 3.96. The van der Waals surface area contributed by atoms with Crippen molar-refractivity contribution >= 4 is 10.8 Å². The summed E-state index contributed by atoms with van der Waals surface area (Å²) < 4.78 is 28.5. The van der Waals surface area contributed by atoms with Crippen LogP contribution < -0.4 is 0 Å². The van der Waals surface area contributed by atoms with E-state index in [0.29, 0.717) is 27.8 Å². The average Bonchev–Trinajstić information content (AvgIpc) is 2.58. The van der Waals surface area contributed by atoms with Gasteiger partial charge in [0.15, 0.2) is 0 Å². The van der Waals surface area contributed by atoms with E-state index < -0.39 is 17.7 Å². The maximum atomic E-state index is 14.8. The van der Waals surface area contributed by atoms with Crippen molar-refractivity contribution in [3.8, 4) is 23.5 Å². The van der Waals surface area contributed by atoms with Gasteiger partial charge in [0.25, 0.3) is 0 Å². The smallest absolute Gasteiger partial charge is 0.139 e. The molecule has 4 heteroatoms. The highest BCUT2D eigenvalue weighted by Crippen LogP contribution is 2.30. The molecule has 3 aromatic rings. The van der Waals surface area contributed by atoms with Gasteiger partial charge in [0.1, 0.15) is 17.7 Å². The van der Waals surface area contributed by atoms with E-state index in [2.05, 4.69) is 10.9 Å². The number of terminal acetylenes is 1. The molecule has 0 spiro atoms. The predicted molar refractivity (Wildman–Crippen MR) is 90.4 cm³/mol. The molecule has 0 saturated carbocycles. The van der Waals surface area contributed by atoms with Crippen LogP contribution in [0.15, 0.2) is 42.6 Å². The maximum absolute atomic E-state index is 14.8. The van der Waals surface area contributed by atoms with Crippen LogP contribution in [0.2, 0.25) is 0 Å². The van der Waals surface area contributed by atoms with Crippen LogP contribution in [0.5, 0.6) is 0 Å². The van der Waals surface area contributed by atoms with Crippen molar-refractivity contribution in [3.63, 3.8) is 0 Å². The Morgan fingerprint density at radius 1 is 1.21 bits per heavy atom. The van der Waals surface area contributed by atoms with E-state index in [1.807, 2.05) is 0 Å². The Labute approximate surface area is 138 Å². The van der Waals surface area contributed by atoms with Gasteiger partial charge in [-0.25, -0.2) is 8.78 Å². The number of nitrogens with zero attached hydrogens (tertiary/aromatic N) is 1. The lowest BCUT2D eigenvalue weighted by atomic mass is 9.99. The van der Waals surface area contributed by atoms with Crippen molar-refractivity contribution in [1.82, 2.24) is 4.98 Å². The van der Waals surface area contributed by atoms with E-state index in [-0.39, 0.29) is 11.8 Å². The first kappa shape index (κ1) is 16.1. The highest BCUT2D eigenvalue weighted by Gasteiger charge is 2.12. The second-order valence-electron chi connectivity index (χ2n) is 5.67. The summed E-state index contributed by atoms with van der Waals surface area (Å²) in [6.45, 7) is 1.65. The molecule has 0 radical (unpaired) electrons. The quantitative estimate of drug-likeness (QED) is 0.738. The predicted octanol–water partition coefficient (Wildman–Crippen LogP) is 4.03. The van der Waals surface area contributed by atoms with Gasteiger partial charge in [-0.2, -0.15) is 0 Å². The van der Waals surface area contributed by atoms with Crippen LogP contribution in [-0.4, -0.2) is 16.2 Å². The zero-order valence-electron chi connectivity index (χ0n) is 13.1. The first-order chi connectivity index (χ1) is 11.5. The molecule has 1 N–H and O–H groups in total. The number of hydrogen-bond acceptors (Lipinski definition) is 2. The van der Waals surface area contributed by atoms with Gasteiger partial charge in [-0.05, 0) is 36.1 Å².